The Morgan fingerprint density at radius 2 is 1.90 bits per heavy atom. The Hall–Kier alpha value is -1.35. The zero-order valence-corrected chi connectivity index (χ0v) is 13.7. The molecule has 0 spiro atoms. The van der Waals surface area contributed by atoms with Gasteiger partial charge in [0.25, 0.3) is 5.91 Å². The number of carbonyl (C=O) groups is 1. The van der Waals surface area contributed by atoms with Gasteiger partial charge in [0.1, 0.15) is 0 Å². The van der Waals surface area contributed by atoms with Gasteiger partial charge in [-0.2, -0.15) is 0 Å². The SMILES string of the molecule is CC(NC(=O)c1ccc(C(C)(C)C)cc1)C1CCCCN1. The van der Waals surface area contributed by atoms with Crippen LogP contribution in [0.2, 0.25) is 0 Å². The number of benzene rings is 1. The minimum atomic E-state index is 0.0235. The van der Waals surface area contributed by atoms with E-state index in [0.29, 0.717) is 6.04 Å². The van der Waals surface area contributed by atoms with Crippen molar-refractivity contribution in [2.75, 3.05) is 6.54 Å². The molecule has 2 N–H and O–H groups in total. The van der Waals surface area contributed by atoms with Crippen molar-refractivity contribution >= 4 is 5.91 Å². The Balaban J connectivity index is 1.96. The molecule has 116 valence electrons. The van der Waals surface area contributed by atoms with Crippen molar-refractivity contribution in [3.8, 4) is 0 Å². The summed E-state index contributed by atoms with van der Waals surface area (Å²) in [5, 5.41) is 6.61. The fourth-order valence-corrected chi connectivity index (χ4v) is 2.82. The number of rotatable bonds is 3. The van der Waals surface area contributed by atoms with Gasteiger partial charge in [-0.15, -0.1) is 0 Å². The zero-order valence-electron chi connectivity index (χ0n) is 13.7. The molecule has 1 saturated heterocycles. The summed E-state index contributed by atoms with van der Waals surface area (Å²) in [6, 6.07) is 8.53. The standard InChI is InChI=1S/C18H28N2O/c1-13(16-7-5-6-12-19-16)20-17(21)14-8-10-15(11-9-14)18(2,3)4/h8-11,13,16,19H,5-7,12H2,1-4H3,(H,20,21). The molecule has 2 unspecified atom stereocenters. The molecule has 0 bridgehead atoms. The highest BCUT2D eigenvalue weighted by atomic mass is 16.1. The van der Waals surface area contributed by atoms with Crippen molar-refractivity contribution in [2.45, 2.75) is 64.5 Å². The van der Waals surface area contributed by atoms with Crippen LogP contribution in [0.25, 0.3) is 0 Å². The summed E-state index contributed by atoms with van der Waals surface area (Å²) < 4.78 is 0. The van der Waals surface area contributed by atoms with Gasteiger partial charge >= 0.3 is 0 Å². The molecule has 0 aromatic heterocycles. The lowest BCUT2D eigenvalue weighted by Gasteiger charge is -2.29. The quantitative estimate of drug-likeness (QED) is 0.896. The van der Waals surface area contributed by atoms with Crippen molar-refractivity contribution in [3.05, 3.63) is 35.4 Å². The summed E-state index contributed by atoms with van der Waals surface area (Å²) in [5.74, 6) is 0.0235. The van der Waals surface area contributed by atoms with Gasteiger partial charge in [-0.3, -0.25) is 4.79 Å². The maximum Gasteiger partial charge on any atom is 0.251 e. The van der Waals surface area contributed by atoms with E-state index in [2.05, 4.69) is 50.5 Å². The van der Waals surface area contributed by atoms with E-state index < -0.39 is 0 Å². The Morgan fingerprint density at radius 3 is 2.43 bits per heavy atom. The third-order valence-electron chi connectivity index (χ3n) is 4.32. The molecule has 21 heavy (non-hydrogen) atoms. The molecule has 1 aromatic rings. The normalized spacial score (nSPS) is 20.9. The largest absolute Gasteiger partial charge is 0.348 e. The zero-order chi connectivity index (χ0) is 15.5. The van der Waals surface area contributed by atoms with Gasteiger partial charge < -0.3 is 10.6 Å². The molecular weight excluding hydrogens is 260 g/mol. The van der Waals surface area contributed by atoms with Gasteiger partial charge in [-0.05, 0) is 49.4 Å². The van der Waals surface area contributed by atoms with Gasteiger partial charge in [0.15, 0.2) is 0 Å². The van der Waals surface area contributed by atoms with Crippen LogP contribution in [0.5, 0.6) is 0 Å². The van der Waals surface area contributed by atoms with Gasteiger partial charge in [-0.25, -0.2) is 0 Å². The molecule has 2 atom stereocenters. The topological polar surface area (TPSA) is 41.1 Å². The lowest BCUT2D eigenvalue weighted by atomic mass is 9.86. The fourth-order valence-electron chi connectivity index (χ4n) is 2.82. The monoisotopic (exact) mass is 288 g/mol. The van der Waals surface area contributed by atoms with E-state index in [-0.39, 0.29) is 17.4 Å². The Morgan fingerprint density at radius 1 is 1.24 bits per heavy atom. The third-order valence-corrected chi connectivity index (χ3v) is 4.32. The second-order valence-corrected chi connectivity index (χ2v) is 7.15. The Bertz CT molecular complexity index is 467. The number of piperidine rings is 1. The summed E-state index contributed by atoms with van der Waals surface area (Å²) in [6.07, 6.45) is 3.63. The summed E-state index contributed by atoms with van der Waals surface area (Å²) in [7, 11) is 0. The average Bonchev–Trinajstić information content (AvgIpc) is 2.47. The first-order valence-electron chi connectivity index (χ1n) is 8.03. The maximum absolute atomic E-state index is 12.3. The van der Waals surface area contributed by atoms with Crippen molar-refractivity contribution in [3.63, 3.8) is 0 Å². The van der Waals surface area contributed by atoms with Crippen molar-refractivity contribution in [2.24, 2.45) is 0 Å². The van der Waals surface area contributed by atoms with Crippen LogP contribution in [-0.4, -0.2) is 24.5 Å². The summed E-state index contributed by atoms with van der Waals surface area (Å²) in [6.45, 7) is 9.69. The van der Waals surface area contributed by atoms with Crippen LogP contribution in [0.3, 0.4) is 0 Å². The van der Waals surface area contributed by atoms with Crippen LogP contribution in [0.1, 0.15) is 62.9 Å². The van der Waals surface area contributed by atoms with E-state index >= 15 is 0 Å². The van der Waals surface area contributed by atoms with E-state index in [4.69, 9.17) is 0 Å². The Kier molecular flexibility index (Phi) is 5.04. The van der Waals surface area contributed by atoms with E-state index in [9.17, 15) is 4.79 Å². The lowest BCUT2D eigenvalue weighted by Crippen LogP contribution is -2.50. The van der Waals surface area contributed by atoms with Crippen LogP contribution >= 0.6 is 0 Å². The molecular formula is C18H28N2O. The highest BCUT2D eigenvalue weighted by Crippen LogP contribution is 2.22. The van der Waals surface area contributed by atoms with E-state index in [1.54, 1.807) is 0 Å². The maximum atomic E-state index is 12.3. The van der Waals surface area contributed by atoms with Crippen LogP contribution in [0.15, 0.2) is 24.3 Å². The van der Waals surface area contributed by atoms with Crippen molar-refractivity contribution in [1.82, 2.24) is 10.6 Å². The minimum Gasteiger partial charge on any atom is -0.348 e. The lowest BCUT2D eigenvalue weighted by molar-refractivity contribution is 0.0928. The van der Waals surface area contributed by atoms with E-state index in [1.165, 1.54) is 18.4 Å². The first-order chi connectivity index (χ1) is 9.88. The highest BCUT2D eigenvalue weighted by molar-refractivity contribution is 5.94. The number of nitrogens with one attached hydrogen (secondary N) is 2. The highest BCUT2D eigenvalue weighted by Gasteiger charge is 2.21. The van der Waals surface area contributed by atoms with Crippen molar-refractivity contribution in [1.29, 1.82) is 0 Å². The molecule has 1 aliphatic heterocycles. The second kappa shape index (κ2) is 6.61. The molecule has 1 fully saturated rings. The molecule has 3 nitrogen and oxygen atoms in total. The third kappa shape index (κ3) is 4.31. The summed E-state index contributed by atoms with van der Waals surface area (Å²) in [5.41, 5.74) is 2.11. The second-order valence-electron chi connectivity index (χ2n) is 7.15. The minimum absolute atomic E-state index is 0.0235. The van der Waals surface area contributed by atoms with Crippen LogP contribution in [0, 0.1) is 0 Å². The van der Waals surface area contributed by atoms with Crippen LogP contribution in [-0.2, 0) is 5.41 Å². The van der Waals surface area contributed by atoms with Crippen molar-refractivity contribution < 1.29 is 4.79 Å². The fraction of sp³-hybridized carbons (Fsp3) is 0.611. The summed E-state index contributed by atoms with van der Waals surface area (Å²) >= 11 is 0. The average molecular weight is 288 g/mol. The first-order valence-corrected chi connectivity index (χ1v) is 8.03. The molecule has 1 aromatic carbocycles. The first kappa shape index (κ1) is 16.0. The van der Waals surface area contributed by atoms with Gasteiger partial charge in [0.05, 0.1) is 0 Å². The molecule has 2 rings (SSSR count). The van der Waals surface area contributed by atoms with Gasteiger partial charge in [-0.1, -0.05) is 39.3 Å². The van der Waals surface area contributed by atoms with Gasteiger partial charge in [0.2, 0.25) is 0 Å². The number of amides is 1. The van der Waals surface area contributed by atoms with Crippen LogP contribution in [0.4, 0.5) is 0 Å². The van der Waals surface area contributed by atoms with E-state index in [0.717, 1.165) is 18.5 Å². The molecule has 0 radical (unpaired) electrons. The molecule has 1 aliphatic rings. The predicted octanol–water partition coefficient (Wildman–Crippen LogP) is 3.24. The molecule has 1 heterocycles. The molecule has 1 amide bonds. The Labute approximate surface area is 128 Å². The van der Waals surface area contributed by atoms with Crippen LogP contribution < -0.4 is 10.6 Å². The van der Waals surface area contributed by atoms with Gasteiger partial charge in [0, 0.05) is 17.6 Å². The number of hydrogen-bond acceptors (Lipinski definition) is 2. The molecule has 3 heteroatoms. The number of hydrogen-bond donors (Lipinski definition) is 2. The molecule has 0 aliphatic carbocycles. The molecule has 0 saturated carbocycles. The number of carbonyl (C=O) groups excluding carboxylic acids is 1. The summed E-state index contributed by atoms with van der Waals surface area (Å²) in [4.78, 5) is 12.3. The predicted molar refractivity (Wildman–Crippen MR) is 87.7 cm³/mol. The smallest absolute Gasteiger partial charge is 0.251 e. The van der Waals surface area contributed by atoms with E-state index in [1.807, 2.05) is 12.1 Å².